The fraction of sp³-hybridized carbons (Fsp3) is 0.192. The summed E-state index contributed by atoms with van der Waals surface area (Å²) in [5.41, 5.74) is 4.42. The molecule has 0 atom stereocenters. The molecule has 0 aliphatic heterocycles. The van der Waals surface area contributed by atoms with E-state index in [1.54, 1.807) is 35.8 Å². The molecule has 0 unspecified atom stereocenters. The van der Waals surface area contributed by atoms with Gasteiger partial charge >= 0.3 is 174 Å². The molecule has 9 nitrogen and oxygen atoms in total. The van der Waals surface area contributed by atoms with Gasteiger partial charge in [0.25, 0.3) is 0 Å². The number of hydrogen-bond donors (Lipinski definition) is 2. The molecule has 13 heteroatoms. The van der Waals surface area contributed by atoms with Crippen LogP contribution in [0.2, 0.25) is 0 Å². The van der Waals surface area contributed by atoms with Gasteiger partial charge in [-0.2, -0.15) is 0 Å². The molecule has 1 aromatic heterocycles. The van der Waals surface area contributed by atoms with Gasteiger partial charge in [0.2, 0.25) is 0 Å². The standard InChI is InChI=1S/C26H28ClN7O2S2.Sb/c1-17(31-33-25(37)28-19-8-12-21(35-3)13-9-19)23-6-5-7-24(30-23)18(2)32-34-26(38-16-27)29-20-10-14-22(36-4)15-11-20;/h5-15H,16H2,1-4H3,(H,29,34)(H2,28,33,37);/q;+1/p-1/b31-17+,32-18+;. The topological polar surface area (TPSA) is 105 Å². The molecule has 39 heavy (non-hydrogen) atoms. The summed E-state index contributed by atoms with van der Waals surface area (Å²) in [6.45, 7) is 3.71. The first-order valence-electron chi connectivity index (χ1n) is 11.5. The number of aromatic nitrogens is 1. The summed E-state index contributed by atoms with van der Waals surface area (Å²) in [6, 6.07) is 20.8. The van der Waals surface area contributed by atoms with E-state index in [0.29, 0.717) is 38.4 Å². The van der Waals surface area contributed by atoms with Gasteiger partial charge in [-0.3, -0.25) is 0 Å². The third kappa shape index (κ3) is 10.1. The Balaban J connectivity index is 1.74. The molecule has 0 spiro atoms. The van der Waals surface area contributed by atoms with Crippen molar-refractivity contribution in [1.82, 2.24) is 4.98 Å². The van der Waals surface area contributed by atoms with Crippen LogP contribution in [0.3, 0.4) is 0 Å². The molecular weight excluding hydrogens is 664 g/mol. The fourth-order valence-electron chi connectivity index (χ4n) is 2.98. The molecule has 0 bridgehead atoms. The quantitative estimate of drug-likeness (QED) is 0.0903. The minimum absolute atomic E-state index is 0.326. The number of rotatable bonds is 9. The van der Waals surface area contributed by atoms with Gasteiger partial charge in [0, 0.05) is 5.69 Å². The van der Waals surface area contributed by atoms with E-state index in [0.717, 1.165) is 22.9 Å². The van der Waals surface area contributed by atoms with Gasteiger partial charge in [-0.1, -0.05) is 11.8 Å². The summed E-state index contributed by atoms with van der Waals surface area (Å²) in [6.07, 6.45) is 0. The average molecular weight is 691 g/mol. The van der Waals surface area contributed by atoms with Crippen LogP contribution in [-0.4, -0.2) is 67.8 Å². The number of thioether (sulfide) groups is 1. The van der Waals surface area contributed by atoms with E-state index < -0.39 is 0 Å². The number of methoxy groups -OCH3 is 2. The van der Waals surface area contributed by atoms with Crippen LogP contribution in [-0.2, 0) is 0 Å². The summed E-state index contributed by atoms with van der Waals surface area (Å²) in [7, 11) is 4.77. The van der Waals surface area contributed by atoms with Crippen molar-refractivity contribution >= 4 is 87.0 Å². The van der Waals surface area contributed by atoms with Crippen LogP contribution < -0.4 is 20.1 Å². The number of ether oxygens (including phenoxy) is 2. The van der Waals surface area contributed by atoms with Gasteiger partial charge in [-0.25, -0.2) is 0 Å². The van der Waals surface area contributed by atoms with E-state index in [4.69, 9.17) is 26.1 Å². The average Bonchev–Trinajstić information content (AvgIpc) is 2.98. The molecule has 0 amide bonds. The first-order chi connectivity index (χ1) is 18.9. The number of nitrogens with one attached hydrogen (secondary N) is 2. The van der Waals surface area contributed by atoms with Gasteiger partial charge < -0.3 is 10.1 Å². The van der Waals surface area contributed by atoms with Crippen LogP contribution in [0.15, 0.2) is 87.1 Å². The maximum atomic E-state index is 5.95. The number of anilines is 2. The molecule has 202 valence electrons. The molecule has 3 aromatic rings. The molecule has 2 radical (unpaired) electrons. The van der Waals surface area contributed by atoms with Crippen molar-refractivity contribution in [3.63, 3.8) is 0 Å². The van der Waals surface area contributed by atoms with Gasteiger partial charge in [-0.15, -0.1) is 11.6 Å². The molecule has 0 saturated heterocycles. The maximum absolute atomic E-state index is 5.95. The number of pyridine rings is 1. The zero-order chi connectivity index (χ0) is 28.0. The van der Waals surface area contributed by atoms with E-state index in [1.165, 1.54) is 20.6 Å². The van der Waals surface area contributed by atoms with Crippen molar-refractivity contribution < 1.29 is 9.47 Å². The third-order valence-corrected chi connectivity index (χ3v) is 7.76. The molecule has 2 aromatic carbocycles. The molecule has 1 heterocycles. The van der Waals surface area contributed by atoms with Crippen molar-refractivity contribution in [1.29, 1.82) is 0 Å². The first-order valence-corrected chi connectivity index (χ1v) is 16.9. The molecule has 0 fully saturated rings. The van der Waals surface area contributed by atoms with Gasteiger partial charge in [-0.05, 0) is 24.3 Å². The SMILES string of the molecule is COc1ccc(N/C(=N/N=C(\C)c2cccc(/C(C)=N/N=C(/Nc3ccc(OC)cc3)SCCl)n2)[S][Sb])cc1. The van der Waals surface area contributed by atoms with Crippen molar-refractivity contribution in [3.8, 4) is 11.5 Å². The molecule has 3 rings (SSSR count). The van der Waals surface area contributed by atoms with Crippen molar-refractivity contribution in [2.45, 2.75) is 13.8 Å². The van der Waals surface area contributed by atoms with E-state index >= 15 is 0 Å². The van der Waals surface area contributed by atoms with Gasteiger partial charge in [0.1, 0.15) is 5.75 Å². The zero-order valence-electron chi connectivity index (χ0n) is 21.8. The van der Waals surface area contributed by atoms with Crippen molar-refractivity contribution in [2.24, 2.45) is 20.4 Å². The van der Waals surface area contributed by atoms with Crippen LogP contribution in [0, 0.1) is 0 Å². The molecule has 0 aliphatic carbocycles. The Hall–Kier alpha value is -2.72. The summed E-state index contributed by atoms with van der Waals surface area (Å²) in [4.78, 5) is 4.70. The summed E-state index contributed by atoms with van der Waals surface area (Å²) >= 11 is 8.83. The van der Waals surface area contributed by atoms with E-state index in [-0.39, 0.29) is 0 Å². The predicted molar refractivity (Wildman–Crippen MR) is 168 cm³/mol. The first kappa shape index (κ1) is 30.8. The molecule has 0 aliphatic rings. The number of nitrogens with zero attached hydrogens (tertiary/aromatic N) is 5. The van der Waals surface area contributed by atoms with Crippen molar-refractivity contribution in [3.05, 3.63) is 78.1 Å². The van der Waals surface area contributed by atoms with Crippen molar-refractivity contribution in [2.75, 3.05) is 30.1 Å². The summed E-state index contributed by atoms with van der Waals surface area (Å²) in [5, 5.41) is 25.5. The van der Waals surface area contributed by atoms with Crippen LogP contribution >= 0.6 is 32.2 Å². The van der Waals surface area contributed by atoms with Crippen LogP contribution in [0.5, 0.6) is 11.5 Å². The molecule has 2 N–H and O–H groups in total. The normalized spacial score (nSPS) is 12.8. The second-order valence-corrected chi connectivity index (χ2v) is 11.3. The fourth-order valence-corrected chi connectivity index (χ4v) is 4.63. The molecule has 0 saturated carbocycles. The Bertz CT molecular complexity index is 1350. The van der Waals surface area contributed by atoms with Gasteiger partial charge in [0.05, 0.1) is 12.3 Å². The number of benzene rings is 2. The van der Waals surface area contributed by atoms with E-state index in [9.17, 15) is 0 Å². The van der Waals surface area contributed by atoms with Gasteiger partial charge in [0.15, 0.2) is 0 Å². The number of hydrogen-bond acceptors (Lipinski definition) is 9. The second-order valence-electron chi connectivity index (χ2n) is 7.64. The minimum atomic E-state index is 0.326. The number of halogens is 1. The zero-order valence-corrected chi connectivity index (χ0v) is 26.7. The molecular formula is C26H27ClN7O2S2Sb. The third-order valence-electron chi connectivity index (χ3n) is 5.03. The van der Waals surface area contributed by atoms with Crippen LogP contribution in [0.4, 0.5) is 11.4 Å². The summed E-state index contributed by atoms with van der Waals surface area (Å²) in [5.74, 6) is 1.56. The number of alkyl halides is 1. The Morgan fingerprint density at radius 3 is 1.67 bits per heavy atom. The Morgan fingerprint density at radius 2 is 1.23 bits per heavy atom. The van der Waals surface area contributed by atoms with Crippen LogP contribution in [0.25, 0.3) is 0 Å². The van der Waals surface area contributed by atoms with E-state index in [1.807, 2.05) is 80.6 Å². The van der Waals surface area contributed by atoms with Crippen LogP contribution in [0.1, 0.15) is 25.2 Å². The number of amidine groups is 2. The summed E-state index contributed by atoms with van der Waals surface area (Å²) < 4.78 is 10.4. The predicted octanol–water partition coefficient (Wildman–Crippen LogP) is 6.23. The Morgan fingerprint density at radius 1 is 0.769 bits per heavy atom. The van der Waals surface area contributed by atoms with E-state index in [2.05, 4.69) is 31.0 Å². The Labute approximate surface area is 253 Å². The second kappa shape index (κ2) is 16.4. The Kier molecular flexibility index (Phi) is 13.0. The monoisotopic (exact) mass is 689 g/mol.